The summed E-state index contributed by atoms with van der Waals surface area (Å²) < 4.78 is 18.4. The number of rotatable bonds is 1. The van der Waals surface area contributed by atoms with Crippen LogP contribution in [0.15, 0.2) is 0 Å². The maximum atomic E-state index is 12.8. The number of ketones is 1. The Morgan fingerprint density at radius 3 is 2.54 bits per heavy atom. The van der Waals surface area contributed by atoms with E-state index in [0.29, 0.717) is 42.7 Å². The molecule has 1 saturated heterocycles. The van der Waals surface area contributed by atoms with Crippen molar-refractivity contribution in [2.24, 2.45) is 34.5 Å². The highest BCUT2D eigenvalue weighted by molar-refractivity contribution is 5.87. The smallest absolute Gasteiger partial charge is 0.302 e. The van der Waals surface area contributed by atoms with Gasteiger partial charge in [-0.15, -0.1) is 0 Å². The van der Waals surface area contributed by atoms with E-state index in [2.05, 4.69) is 13.8 Å². The zero-order chi connectivity index (χ0) is 19.7. The van der Waals surface area contributed by atoms with E-state index in [4.69, 9.17) is 14.2 Å². The summed E-state index contributed by atoms with van der Waals surface area (Å²) in [6, 6.07) is 0. The SMILES string of the molecule is CC(=O)O[C@H]1CC[C@@]2(C)[C@H](C1)CC1(OCCO1)[C@@H]1[C@H]2CC[C@]2(C)C(=O)CC[C@H]12. The average molecular weight is 391 g/mol. The van der Waals surface area contributed by atoms with Crippen LogP contribution in [0.1, 0.15) is 72.1 Å². The minimum absolute atomic E-state index is 0.0208. The summed E-state index contributed by atoms with van der Waals surface area (Å²) in [5, 5.41) is 0. The number of esters is 1. The molecule has 0 radical (unpaired) electrons. The number of ether oxygens (including phenoxy) is 3. The molecular weight excluding hydrogens is 356 g/mol. The average Bonchev–Trinajstić information content (AvgIpc) is 3.22. The maximum absolute atomic E-state index is 12.8. The van der Waals surface area contributed by atoms with E-state index >= 15 is 0 Å². The molecule has 7 atom stereocenters. The Hall–Kier alpha value is -0.940. The van der Waals surface area contributed by atoms with Gasteiger partial charge >= 0.3 is 5.97 Å². The van der Waals surface area contributed by atoms with Crippen molar-refractivity contribution in [3.63, 3.8) is 0 Å². The van der Waals surface area contributed by atoms with E-state index in [9.17, 15) is 9.59 Å². The molecule has 156 valence electrons. The first-order valence-corrected chi connectivity index (χ1v) is 11.3. The van der Waals surface area contributed by atoms with E-state index in [0.717, 1.165) is 51.4 Å². The minimum atomic E-state index is -0.538. The van der Waals surface area contributed by atoms with Crippen molar-refractivity contribution in [2.45, 2.75) is 84.0 Å². The van der Waals surface area contributed by atoms with Crippen LogP contribution in [0, 0.1) is 34.5 Å². The standard InChI is InChI=1S/C23H34O5/c1-14(24)28-16-6-8-21(2)15(12-16)13-23(26-10-11-27-23)20-17-4-5-19(25)22(17,3)9-7-18(20)21/h15-18,20H,4-13H2,1-3H3/t15-,16+,17-,18-,20+,21+,22+/m1/s1. The highest BCUT2D eigenvalue weighted by Gasteiger charge is 2.68. The zero-order valence-corrected chi connectivity index (χ0v) is 17.5. The third-order valence-electron chi connectivity index (χ3n) is 9.46. The van der Waals surface area contributed by atoms with Gasteiger partial charge in [0.1, 0.15) is 11.9 Å². The molecule has 5 aliphatic rings. The fourth-order valence-electron chi connectivity index (χ4n) is 8.05. The van der Waals surface area contributed by atoms with E-state index in [1.807, 2.05) is 0 Å². The van der Waals surface area contributed by atoms with E-state index in [1.165, 1.54) is 6.92 Å². The molecule has 28 heavy (non-hydrogen) atoms. The Labute approximate surface area is 167 Å². The molecule has 1 aliphatic heterocycles. The van der Waals surface area contributed by atoms with E-state index in [-0.39, 0.29) is 22.9 Å². The van der Waals surface area contributed by atoms with Crippen molar-refractivity contribution >= 4 is 11.8 Å². The predicted octanol–water partition coefficient (Wildman–Crippen LogP) is 3.88. The van der Waals surface area contributed by atoms with Crippen molar-refractivity contribution in [1.29, 1.82) is 0 Å². The van der Waals surface area contributed by atoms with Crippen LogP contribution in [0.3, 0.4) is 0 Å². The first-order chi connectivity index (χ1) is 13.3. The number of carbonyl (C=O) groups excluding carboxylic acids is 2. The topological polar surface area (TPSA) is 61.8 Å². The second kappa shape index (κ2) is 6.28. The van der Waals surface area contributed by atoms with Crippen LogP contribution in [0.4, 0.5) is 0 Å². The number of Topliss-reactive ketones (excluding diaryl/α,β-unsaturated/α-hetero) is 1. The lowest BCUT2D eigenvalue weighted by atomic mass is 9.43. The van der Waals surface area contributed by atoms with Crippen molar-refractivity contribution in [3.8, 4) is 0 Å². The zero-order valence-electron chi connectivity index (χ0n) is 17.5. The highest BCUT2D eigenvalue weighted by atomic mass is 16.7. The molecule has 4 aliphatic carbocycles. The number of fused-ring (bicyclic) bond motifs is 6. The molecule has 5 fully saturated rings. The van der Waals surface area contributed by atoms with Crippen LogP contribution < -0.4 is 0 Å². The lowest BCUT2D eigenvalue weighted by Gasteiger charge is -2.64. The summed E-state index contributed by atoms with van der Waals surface area (Å²) in [5.74, 6) is 1.38. The Kier molecular flexibility index (Phi) is 4.27. The summed E-state index contributed by atoms with van der Waals surface area (Å²) in [4.78, 5) is 24.3. The molecule has 0 bridgehead atoms. The molecule has 0 N–H and O–H groups in total. The minimum Gasteiger partial charge on any atom is -0.463 e. The largest absolute Gasteiger partial charge is 0.463 e. The number of hydrogen-bond donors (Lipinski definition) is 0. The van der Waals surface area contributed by atoms with Gasteiger partial charge in [0.25, 0.3) is 0 Å². The second-order valence-electron chi connectivity index (χ2n) is 10.6. The van der Waals surface area contributed by atoms with Gasteiger partial charge in [0, 0.05) is 31.1 Å². The van der Waals surface area contributed by atoms with Crippen molar-refractivity contribution < 1.29 is 23.8 Å². The van der Waals surface area contributed by atoms with Gasteiger partial charge in [0.05, 0.1) is 13.2 Å². The van der Waals surface area contributed by atoms with Crippen LogP contribution in [0.2, 0.25) is 0 Å². The predicted molar refractivity (Wildman–Crippen MR) is 102 cm³/mol. The van der Waals surface area contributed by atoms with Gasteiger partial charge in [0.2, 0.25) is 0 Å². The molecule has 0 aromatic heterocycles. The summed E-state index contributed by atoms with van der Waals surface area (Å²) in [5.41, 5.74) is 0.0243. The Bertz CT molecular complexity index is 682. The van der Waals surface area contributed by atoms with Crippen LogP contribution in [0.25, 0.3) is 0 Å². The first kappa shape index (κ1) is 19.0. The summed E-state index contributed by atoms with van der Waals surface area (Å²) in [6.07, 6.45) is 7.64. The summed E-state index contributed by atoms with van der Waals surface area (Å²) in [7, 11) is 0. The van der Waals surface area contributed by atoms with Crippen LogP contribution in [0.5, 0.6) is 0 Å². The van der Waals surface area contributed by atoms with Crippen LogP contribution in [-0.2, 0) is 23.8 Å². The Balaban J connectivity index is 1.51. The van der Waals surface area contributed by atoms with Gasteiger partial charge in [-0.2, -0.15) is 0 Å². The van der Waals surface area contributed by atoms with Gasteiger partial charge in [-0.1, -0.05) is 13.8 Å². The highest BCUT2D eigenvalue weighted by Crippen LogP contribution is 2.69. The monoisotopic (exact) mass is 390 g/mol. The number of carbonyl (C=O) groups is 2. The molecule has 0 aromatic rings. The fraction of sp³-hybridized carbons (Fsp3) is 0.913. The number of hydrogen-bond acceptors (Lipinski definition) is 5. The molecule has 4 saturated carbocycles. The lowest BCUT2D eigenvalue weighted by molar-refractivity contribution is -0.297. The normalized spacial score (nSPS) is 49.4. The van der Waals surface area contributed by atoms with Gasteiger partial charge in [0.15, 0.2) is 5.79 Å². The quantitative estimate of drug-likeness (QED) is 0.636. The third-order valence-corrected chi connectivity index (χ3v) is 9.46. The van der Waals surface area contributed by atoms with Crippen LogP contribution in [-0.4, -0.2) is 36.9 Å². The molecule has 1 spiro atoms. The molecular formula is C23H34O5. The van der Waals surface area contributed by atoms with Crippen molar-refractivity contribution in [2.75, 3.05) is 13.2 Å². The molecule has 0 unspecified atom stereocenters. The molecule has 0 amide bonds. The third kappa shape index (κ3) is 2.51. The molecule has 5 heteroatoms. The van der Waals surface area contributed by atoms with Gasteiger partial charge in [-0.25, -0.2) is 0 Å². The van der Waals surface area contributed by atoms with Crippen LogP contribution >= 0.6 is 0 Å². The van der Waals surface area contributed by atoms with Gasteiger partial charge in [-0.3, -0.25) is 9.59 Å². The molecule has 5 nitrogen and oxygen atoms in total. The van der Waals surface area contributed by atoms with Crippen molar-refractivity contribution in [1.82, 2.24) is 0 Å². The van der Waals surface area contributed by atoms with E-state index < -0.39 is 5.79 Å². The second-order valence-corrected chi connectivity index (χ2v) is 10.6. The lowest BCUT2D eigenvalue weighted by Crippen LogP contribution is -2.64. The Morgan fingerprint density at radius 2 is 1.82 bits per heavy atom. The van der Waals surface area contributed by atoms with Gasteiger partial charge < -0.3 is 14.2 Å². The van der Waals surface area contributed by atoms with Gasteiger partial charge in [-0.05, 0) is 61.7 Å². The summed E-state index contributed by atoms with van der Waals surface area (Å²) >= 11 is 0. The van der Waals surface area contributed by atoms with Crippen molar-refractivity contribution in [3.05, 3.63) is 0 Å². The summed E-state index contributed by atoms with van der Waals surface area (Å²) in [6.45, 7) is 7.47. The molecule has 1 heterocycles. The molecule has 0 aromatic carbocycles. The van der Waals surface area contributed by atoms with E-state index in [1.54, 1.807) is 0 Å². The first-order valence-electron chi connectivity index (χ1n) is 11.3. The Morgan fingerprint density at radius 1 is 1.07 bits per heavy atom. The fourth-order valence-corrected chi connectivity index (χ4v) is 8.05. The maximum Gasteiger partial charge on any atom is 0.302 e. The molecule has 5 rings (SSSR count).